The van der Waals surface area contributed by atoms with E-state index in [0.717, 1.165) is 51.7 Å². The van der Waals surface area contributed by atoms with Gasteiger partial charge >= 0.3 is 0 Å². The molecule has 0 saturated carbocycles. The summed E-state index contributed by atoms with van der Waals surface area (Å²) in [5.41, 5.74) is 6.76. The molecule has 0 unspecified atom stereocenters. The molecule has 0 spiro atoms. The van der Waals surface area contributed by atoms with Crippen LogP contribution in [0.2, 0.25) is 0 Å². The molecule has 2 amide bonds. The Morgan fingerprint density at radius 1 is 1.22 bits per heavy atom. The van der Waals surface area contributed by atoms with Gasteiger partial charge < -0.3 is 10.6 Å². The van der Waals surface area contributed by atoms with Crippen molar-refractivity contribution in [3.63, 3.8) is 0 Å². The summed E-state index contributed by atoms with van der Waals surface area (Å²) in [4.78, 5) is 28.1. The minimum atomic E-state index is -0.197. The van der Waals surface area contributed by atoms with Crippen molar-refractivity contribution in [2.75, 3.05) is 19.6 Å². The number of nitrogens with two attached hydrogens (primary N) is 1. The Labute approximate surface area is 141 Å². The third-order valence-corrected chi connectivity index (χ3v) is 5.85. The largest absolute Gasteiger partial charge is 0.368 e. The lowest BCUT2D eigenvalue weighted by Crippen LogP contribution is -2.51. The maximum absolute atomic E-state index is 12.3. The predicted octanol–water partition coefficient (Wildman–Crippen LogP) is 1.62. The number of carbonyl (C=O) groups is 2. The second-order valence-electron chi connectivity index (χ2n) is 6.54. The van der Waals surface area contributed by atoms with E-state index in [4.69, 9.17) is 5.73 Å². The Morgan fingerprint density at radius 2 is 2.00 bits per heavy atom. The van der Waals surface area contributed by atoms with Crippen LogP contribution in [0.5, 0.6) is 0 Å². The van der Waals surface area contributed by atoms with E-state index in [1.165, 1.54) is 5.56 Å². The first-order valence-corrected chi connectivity index (χ1v) is 9.43. The third-order valence-electron chi connectivity index (χ3n) is 5.12. The summed E-state index contributed by atoms with van der Waals surface area (Å²) in [6.45, 7) is 2.56. The fourth-order valence-corrected chi connectivity index (χ4v) is 4.53. The molecule has 2 fully saturated rings. The number of likely N-dealkylation sites (tertiary alicyclic amines) is 2. The molecular formula is C17H25N3O2S. The second-order valence-corrected chi connectivity index (χ2v) is 7.32. The summed E-state index contributed by atoms with van der Waals surface area (Å²) in [6.07, 6.45) is 5.26. The van der Waals surface area contributed by atoms with Gasteiger partial charge in [0.2, 0.25) is 11.8 Å². The third kappa shape index (κ3) is 3.93. The fraction of sp³-hybridized carbons (Fsp3) is 0.647. The molecular weight excluding hydrogens is 310 g/mol. The SMILES string of the molecule is NC(=O)[C@@H]1CCCN1C1CCN(C(=O)CCc2ccsc2)CC1. The Hall–Kier alpha value is -1.40. The Kier molecular flexibility index (Phi) is 5.33. The van der Waals surface area contributed by atoms with Gasteiger partial charge in [0.15, 0.2) is 0 Å². The van der Waals surface area contributed by atoms with Crippen LogP contribution >= 0.6 is 11.3 Å². The number of amides is 2. The van der Waals surface area contributed by atoms with E-state index in [9.17, 15) is 9.59 Å². The average Bonchev–Trinajstić information content (AvgIpc) is 3.24. The molecule has 23 heavy (non-hydrogen) atoms. The molecule has 3 rings (SSSR count). The zero-order valence-corrected chi connectivity index (χ0v) is 14.3. The highest BCUT2D eigenvalue weighted by Gasteiger charge is 2.36. The topological polar surface area (TPSA) is 66.6 Å². The highest BCUT2D eigenvalue weighted by molar-refractivity contribution is 7.07. The van der Waals surface area contributed by atoms with Crippen LogP contribution in [-0.2, 0) is 16.0 Å². The molecule has 1 atom stereocenters. The molecule has 6 heteroatoms. The lowest BCUT2D eigenvalue weighted by molar-refractivity contribution is -0.133. The predicted molar refractivity (Wildman–Crippen MR) is 91.2 cm³/mol. The lowest BCUT2D eigenvalue weighted by Gasteiger charge is -2.38. The van der Waals surface area contributed by atoms with Gasteiger partial charge in [0.1, 0.15) is 0 Å². The highest BCUT2D eigenvalue weighted by Crippen LogP contribution is 2.26. The van der Waals surface area contributed by atoms with Crippen LogP contribution in [0.15, 0.2) is 16.8 Å². The van der Waals surface area contributed by atoms with E-state index in [1.807, 2.05) is 4.90 Å². The number of aryl methyl sites for hydroxylation is 1. The molecule has 3 heterocycles. The number of hydrogen-bond donors (Lipinski definition) is 1. The number of rotatable bonds is 5. The van der Waals surface area contributed by atoms with Gasteiger partial charge in [0, 0.05) is 25.6 Å². The number of piperidine rings is 1. The number of nitrogens with zero attached hydrogens (tertiary/aromatic N) is 2. The standard InChI is InChI=1S/C17H25N3O2S/c18-17(22)15-2-1-8-20(15)14-5-9-19(10-6-14)16(21)4-3-13-7-11-23-12-13/h7,11-12,14-15H,1-6,8-10H2,(H2,18,22)/t15-/m0/s1. The molecule has 0 aromatic carbocycles. The lowest BCUT2D eigenvalue weighted by atomic mass is 10.0. The monoisotopic (exact) mass is 335 g/mol. The molecule has 0 radical (unpaired) electrons. The van der Waals surface area contributed by atoms with Crippen molar-refractivity contribution in [2.45, 2.75) is 50.6 Å². The summed E-state index contributed by atoms with van der Waals surface area (Å²) in [5, 5.41) is 4.16. The molecule has 2 aliphatic heterocycles. The van der Waals surface area contributed by atoms with Gasteiger partial charge in [-0.1, -0.05) is 0 Å². The summed E-state index contributed by atoms with van der Waals surface area (Å²) < 4.78 is 0. The quantitative estimate of drug-likeness (QED) is 0.889. The minimum Gasteiger partial charge on any atom is -0.368 e. The number of thiophene rings is 1. The zero-order chi connectivity index (χ0) is 16.2. The molecule has 2 N–H and O–H groups in total. The zero-order valence-electron chi connectivity index (χ0n) is 13.4. The van der Waals surface area contributed by atoms with Crippen LogP contribution in [0.1, 0.15) is 37.7 Å². The Balaban J connectivity index is 1.46. The Bertz CT molecular complexity index is 538. The maximum atomic E-state index is 12.3. The van der Waals surface area contributed by atoms with Crippen molar-refractivity contribution in [3.8, 4) is 0 Å². The molecule has 1 aromatic rings. The van der Waals surface area contributed by atoms with E-state index in [1.54, 1.807) is 11.3 Å². The van der Waals surface area contributed by atoms with Crippen LogP contribution < -0.4 is 5.73 Å². The van der Waals surface area contributed by atoms with E-state index in [-0.39, 0.29) is 17.9 Å². The van der Waals surface area contributed by atoms with Gasteiger partial charge in [0.25, 0.3) is 0 Å². The summed E-state index contributed by atoms with van der Waals surface area (Å²) in [5.74, 6) is 0.0549. The van der Waals surface area contributed by atoms with Gasteiger partial charge in [-0.15, -0.1) is 0 Å². The second kappa shape index (κ2) is 7.45. The molecule has 5 nitrogen and oxygen atoms in total. The van der Waals surface area contributed by atoms with E-state index >= 15 is 0 Å². The van der Waals surface area contributed by atoms with Crippen LogP contribution in [0.3, 0.4) is 0 Å². The van der Waals surface area contributed by atoms with E-state index in [2.05, 4.69) is 21.7 Å². The number of hydrogen-bond acceptors (Lipinski definition) is 4. The first kappa shape index (κ1) is 16.5. The van der Waals surface area contributed by atoms with Crippen molar-refractivity contribution in [1.29, 1.82) is 0 Å². The van der Waals surface area contributed by atoms with Crippen LogP contribution in [-0.4, -0.2) is 53.3 Å². The van der Waals surface area contributed by atoms with E-state index < -0.39 is 0 Å². The van der Waals surface area contributed by atoms with Gasteiger partial charge in [-0.25, -0.2) is 0 Å². The van der Waals surface area contributed by atoms with Crippen molar-refractivity contribution in [1.82, 2.24) is 9.80 Å². The fourth-order valence-electron chi connectivity index (χ4n) is 3.82. The first-order valence-electron chi connectivity index (χ1n) is 8.49. The minimum absolute atomic E-state index is 0.0964. The van der Waals surface area contributed by atoms with Crippen LogP contribution in [0.25, 0.3) is 0 Å². The number of carbonyl (C=O) groups excluding carboxylic acids is 2. The molecule has 0 aliphatic carbocycles. The maximum Gasteiger partial charge on any atom is 0.234 e. The van der Waals surface area contributed by atoms with Crippen molar-refractivity contribution >= 4 is 23.2 Å². The number of primary amides is 1. The van der Waals surface area contributed by atoms with Crippen molar-refractivity contribution < 1.29 is 9.59 Å². The summed E-state index contributed by atoms with van der Waals surface area (Å²) in [7, 11) is 0. The van der Waals surface area contributed by atoms with E-state index in [0.29, 0.717) is 12.5 Å². The molecule has 2 saturated heterocycles. The van der Waals surface area contributed by atoms with Crippen molar-refractivity contribution in [2.24, 2.45) is 5.73 Å². The molecule has 1 aromatic heterocycles. The highest BCUT2D eigenvalue weighted by atomic mass is 32.1. The van der Waals surface area contributed by atoms with Crippen LogP contribution in [0, 0.1) is 0 Å². The average molecular weight is 335 g/mol. The van der Waals surface area contributed by atoms with Gasteiger partial charge in [-0.05, 0) is 61.0 Å². The first-order chi connectivity index (χ1) is 11.1. The molecule has 126 valence electrons. The van der Waals surface area contributed by atoms with Crippen LogP contribution in [0.4, 0.5) is 0 Å². The Morgan fingerprint density at radius 3 is 2.65 bits per heavy atom. The summed E-state index contributed by atoms with van der Waals surface area (Å²) >= 11 is 1.68. The van der Waals surface area contributed by atoms with Gasteiger partial charge in [-0.3, -0.25) is 14.5 Å². The normalized spacial score (nSPS) is 23.3. The molecule has 2 aliphatic rings. The van der Waals surface area contributed by atoms with Gasteiger partial charge in [0.05, 0.1) is 6.04 Å². The van der Waals surface area contributed by atoms with Gasteiger partial charge in [-0.2, -0.15) is 11.3 Å². The van der Waals surface area contributed by atoms with Crippen molar-refractivity contribution in [3.05, 3.63) is 22.4 Å². The summed E-state index contributed by atoms with van der Waals surface area (Å²) in [6, 6.07) is 2.39. The smallest absolute Gasteiger partial charge is 0.234 e. The molecule has 0 bridgehead atoms.